The lowest BCUT2D eigenvalue weighted by molar-refractivity contribution is 0.414. The highest BCUT2D eigenvalue weighted by molar-refractivity contribution is 5.81. The van der Waals surface area contributed by atoms with E-state index in [-0.39, 0.29) is 0 Å². The van der Waals surface area contributed by atoms with Gasteiger partial charge >= 0.3 is 0 Å². The van der Waals surface area contributed by atoms with Crippen molar-refractivity contribution in [1.29, 1.82) is 0 Å². The standard InChI is InChI=1S/C24H25N5O/c1-16-10-20(12-21(11-16)30-3)28(15-18-4-5-18)19-6-7-22-23(13-19)27-24(14-25-22)29-17(2)8-9-26-29/h6-14,18H,4-5,15H2,1-3H3. The van der Waals surface area contributed by atoms with Crippen LogP contribution in [0.5, 0.6) is 5.75 Å². The fraction of sp³-hybridized carbons (Fsp3) is 0.292. The van der Waals surface area contributed by atoms with Crippen LogP contribution in [0.3, 0.4) is 0 Å². The molecule has 0 atom stereocenters. The average Bonchev–Trinajstić information content (AvgIpc) is 3.48. The molecule has 0 aliphatic heterocycles. The topological polar surface area (TPSA) is 56.1 Å². The van der Waals surface area contributed by atoms with Crippen molar-refractivity contribution in [2.45, 2.75) is 26.7 Å². The number of aryl methyl sites for hydroxylation is 2. The van der Waals surface area contributed by atoms with E-state index in [4.69, 9.17) is 9.72 Å². The quantitative estimate of drug-likeness (QED) is 0.457. The molecule has 6 nitrogen and oxygen atoms in total. The molecular weight excluding hydrogens is 374 g/mol. The molecule has 152 valence electrons. The molecule has 2 aromatic heterocycles. The molecule has 1 aliphatic rings. The minimum Gasteiger partial charge on any atom is -0.497 e. The molecule has 1 saturated carbocycles. The highest BCUT2D eigenvalue weighted by Crippen LogP contribution is 2.37. The minimum absolute atomic E-state index is 0.730. The van der Waals surface area contributed by atoms with Crippen LogP contribution in [0.2, 0.25) is 0 Å². The molecule has 0 bridgehead atoms. The first-order valence-corrected chi connectivity index (χ1v) is 10.3. The van der Waals surface area contributed by atoms with Gasteiger partial charge in [-0.1, -0.05) is 0 Å². The Kier molecular flexibility index (Phi) is 4.62. The molecule has 6 heteroatoms. The van der Waals surface area contributed by atoms with E-state index in [9.17, 15) is 0 Å². The van der Waals surface area contributed by atoms with Crippen molar-refractivity contribution in [3.8, 4) is 11.6 Å². The first kappa shape index (κ1) is 18.6. The van der Waals surface area contributed by atoms with Gasteiger partial charge in [-0.05, 0) is 74.6 Å². The van der Waals surface area contributed by atoms with Crippen LogP contribution in [0, 0.1) is 19.8 Å². The second-order valence-electron chi connectivity index (χ2n) is 8.05. The molecule has 1 fully saturated rings. The first-order chi connectivity index (χ1) is 14.6. The van der Waals surface area contributed by atoms with Crippen LogP contribution in [0.1, 0.15) is 24.1 Å². The number of aromatic nitrogens is 4. The molecule has 1 aliphatic carbocycles. The molecule has 0 spiro atoms. The molecule has 4 aromatic rings. The smallest absolute Gasteiger partial charge is 0.172 e. The number of rotatable bonds is 6. The Morgan fingerprint density at radius 2 is 1.90 bits per heavy atom. The summed E-state index contributed by atoms with van der Waals surface area (Å²) >= 11 is 0. The number of ether oxygens (including phenoxy) is 1. The summed E-state index contributed by atoms with van der Waals surface area (Å²) in [7, 11) is 1.72. The van der Waals surface area contributed by atoms with Crippen molar-refractivity contribution < 1.29 is 4.74 Å². The maximum absolute atomic E-state index is 5.52. The molecule has 2 heterocycles. The van der Waals surface area contributed by atoms with Crippen molar-refractivity contribution in [3.63, 3.8) is 0 Å². The van der Waals surface area contributed by atoms with Crippen molar-refractivity contribution in [1.82, 2.24) is 19.7 Å². The molecule has 0 amide bonds. The van der Waals surface area contributed by atoms with Gasteiger partial charge in [-0.25, -0.2) is 9.67 Å². The number of hydrogen-bond acceptors (Lipinski definition) is 5. The van der Waals surface area contributed by atoms with E-state index in [0.29, 0.717) is 0 Å². The zero-order valence-electron chi connectivity index (χ0n) is 17.5. The van der Waals surface area contributed by atoms with E-state index in [1.54, 1.807) is 19.5 Å². The maximum atomic E-state index is 5.52. The lowest BCUT2D eigenvalue weighted by Gasteiger charge is -2.26. The SMILES string of the molecule is COc1cc(C)cc(N(CC2CC2)c2ccc3ncc(-n4nccc4C)nc3c2)c1. The lowest BCUT2D eigenvalue weighted by atomic mass is 10.1. The second-order valence-corrected chi connectivity index (χ2v) is 8.05. The fourth-order valence-electron chi connectivity index (χ4n) is 3.79. The van der Waals surface area contributed by atoms with Crippen LogP contribution in [0.4, 0.5) is 11.4 Å². The number of benzene rings is 2. The predicted octanol–water partition coefficient (Wildman–Crippen LogP) is 4.99. The molecular formula is C24H25N5O. The zero-order valence-corrected chi connectivity index (χ0v) is 17.5. The fourth-order valence-corrected chi connectivity index (χ4v) is 3.79. The van der Waals surface area contributed by atoms with Gasteiger partial charge in [0, 0.05) is 35.9 Å². The highest BCUT2D eigenvalue weighted by Gasteiger charge is 2.26. The minimum atomic E-state index is 0.730. The van der Waals surface area contributed by atoms with E-state index in [0.717, 1.165) is 52.1 Å². The summed E-state index contributed by atoms with van der Waals surface area (Å²) in [5.74, 6) is 2.34. The zero-order chi connectivity index (χ0) is 20.7. The third kappa shape index (κ3) is 3.61. The van der Waals surface area contributed by atoms with Gasteiger partial charge in [-0.15, -0.1) is 0 Å². The van der Waals surface area contributed by atoms with Crippen molar-refractivity contribution in [2.75, 3.05) is 18.6 Å². The molecule has 0 radical (unpaired) electrons. The summed E-state index contributed by atoms with van der Waals surface area (Å²) in [6, 6.07) is 14.6. The maximum Gasteiger partial charge on any atom is 0.172 e. The highest BCUT2D eigenvalue weighted by atomic mass is 16.5. The van der Waals surface area contributed by atoms with Crippen LogP contribution >= 0.6 is 0 Å². The summed E-state index contributed by atoms with van der Waals surface area (Å²) in [6.45, 7) is 5.10. The molecule has 0 unspecified atom stereocenters. The Labute approximate surface area is 176 Å². The Hall–Kier alpha value is -3.41. The largest absolute Gasteiger partial charge is 0.497 e. The van der Waals surface area contributed by atoms with Crippen molar-refractivity contribution in [2.24, 2.45) is 5.92 Å². The number of nitrogens with zero attached hydrogens (tertiary/aromatic N) is 5. The molecule has 0 N–H and O–H groups in total. The van der Waals surface area contributed by atoms with Crippen LogP contribution < -0.4 is 9.64 Å². The summed E-state index contributed by atoms with van der Waals surface area (Å²) < 4.78 is 7.33. The summed E-state index contributed by atoms with van der Waals surface area (Å²) in [5.41, 5.74) is 6.21. The molecule has 2 aromatic carbocycles. The Morgan fingerprint density at radius 3 is 2.63 bits per heavy atom. The van der Waals surface area contributed by atoms with E-state index < -0.39 is 0 Å². The number of fused-ring (bicyclic) bond motifs is 1. The third-order valence-corrected chi connectivity index (χ3v) is 5.59. The average molecular weight is 399 g/mol. The Bertz CT molecular complexity index is 1210. The van der Waals surface area contributed by atoms with E-state index in [2.05, 4.69) is 52.2 Å². The Morgan fingerprint density at radius 1 is 1.03 bits per heavy atom. The van der Waals surface area contributed by atoms with Gasteiger partial charge in [-0.2, -0.15) is 5.10 Å². The second kappa shape index (κ2) is 7.44. The van der Waals surface area contributed by atoms with Gasteiger partial charge in [0.2, 0.25) is 0 Å². The van der Waals surface area contributed by atoms with Crippen molar-refractivity contribution >= 4 is 22.4 Å². The van der Waals surface area contributed by atoms with E-state index in [1.807, 2.05) is 23.7 Å². The normalized spacial score (nSPS) is 13.6. The van der Waals surface area contributed by atoms with Crippen LogP contribution in [0.25, 0.3) is 16.9 Å². The predicted molar refractivity (Wildman–Crippen MR) is 119 cm³/mol. The monoisotopic (exact) mass is 399 g/mol. The number of methoxy groups -OCH3 is 1. The Balaban J connectivity index is 1.59. The van der Waals surface area contributed by atoms with E-state index in [1.165, 1.54) is 18.4 Å². The van der Waals surface area contributed by atoms with Crippen molar-refractivity contribution in [3.05, 3.63) is 66.1 Å². The summed E-state index contributed by atoms with van der Waals surface area (Å²) in [6.07, 6.45) is 6.13. The lowest BCUT2D eigenvalue weighted by Crippen LogP contribution is -2.20. The van der Waals surface area contributed by atoms with Gasteiger partial charge in [0.15, 0.2) is 5.82 Å². The summed E-state index contributed by atoms with van der Waals surface area (Å²) in [5, 5.41) is 4.36. The van der Waals surface area contributed by atoms with Crippen LogP contribution in [0.15, 0.2) is 54.9 Å². The number of hydrogen-bond donors (Lipinski definition) is 0. The third-order valence-electron chi connectivity index (χ3n) is 5.59. The van der Waals surface area contributed by atoms with Gasteiger partial charge < -0.3 is 9.64 Å². The summed E-state index contributed by atoms with van der Waals surface area (Å²) in [4.78, 5) is 11.8. The van der Waals surface area contributed by atoms with Crippen LogP contribution in [-0.2, 0) is 0 Å². The molecule has 30 heavy (non-hydrogen) atoms. The van der Waals surface area contributed by atoms with Gasteiger partial charge in [0.05, 0.1) is 24.3 Å². The first-order valence-electron chi connectivity index (χ1n) is 10.3. The van der Waals surface area contributed by atoms with Gasteiger partial charge in [-0.3, -0.25) is 4.98 Å². The van der Waals surface area contributed by atoms with Crippen LogP contribution in [-0.4, -0.2) is 33.4 Å². The number of anilines is 2. The molecule has 5 rings (SSSR count). The van der Waals surface area contributed by atoms with E-state index >= 15 is 0 Å². The van der Waals surface area contributed by atoms with Gasteiger partial charge in [0.25, 0.3) is 0 Å². The molecule has 0 saturated heterocycles. The van der Waals surface area contributed by atoms with Gasteiger partial charge in [0.1, 0.15) is 5.75 Å².